The first-order chi connectivity index (χ1) is 17.7. The molecule has 1 aliphatic rings. The molecule has 3 heterocycles. The molecule has 1 unspecified atom stereocenters. The second-order valence-electron chi connectivity index (χ2n) is 8.38. The number of alkyl halides is 3. The molecule has 1 saturated heterocycles. The number of carboxylic acid groups (broad SMARTS) is 1. The Hall–Kier alpha value is -4.23. The topological polar surface area (TPSA) is 135 Å². The third kappa shape index (κ3) is 5.17. The predicted octanol–water partition coefficient (Wildman–Crippen LogP) is 4.49. The number of hydrogen-bond donors (Lipinski definition) is 2. The molecule has 37 heavy (non-hydrogen) atoms. The van der Waals surface area contributed by atoms with Crippen LogP contribution in [-0.2, 0) is 10.9 Å². The van der Waals surface area contributed by atoms with E-state index in [-0.39, 0.29) is 23.6 Å². The third-order valence-electron chi connectivity index (χ3n) is 5.82. The van der Waals surface area contributed by atoms with Gasteiger partial charge in [-0.1, -0.05) is 64.9 Å². The Kier molecular flexibility index (Phi) is 6.39. The van der Waals surface area contributed by atoms with E-state index in [0.717, 1.165) is 0 Å². The van der Waals surface area contributed by atoms with Crippen LogP contribution in [0.5, 0.6) is 0 Å². The quantitative estimate of drug-likeness (QED) is 0.338. The standard InChI is InChI=1S/C24H19F3N4O6/c25-24(26,27)18-19(14-4-2-1-3-5-14)29-36-20(18)22-28-21(30-37-22)15-8-6-13(7-9-15)17(32)12-31-10-16(11-31)35-23(33)34/h1-9,16-17,32H,10-12H2,(H,33,34). The Bertz CT molecular complexity index is 1380. The van der Waals surface area contributed by atoms with E-state index in [1.807, 2.05) is 4.90 Å². The summed E-state index contributed by atoms with van der Waals surface area (Å²) in [5, 5.41) is 26.5. The molecular weight excluding hydrogens is 497 g/mol. The number of benzene rings is 2. The van der Waals surface area contributed by atoms with Gasteiger partial charge in [0.05, 0.1) is 6.10 Å². The van der Waals surface area contributed by atoms with E-state index in [9.17, 15) is 23.1 Å². The largest absolute Gasteiger partial charge is 0.506 e. The summed E-state index contributed by atoms with van der Waals surface area (Å²) in [6, 6.07) is 14.3. The molecule has 0 saturated carbocycles. The third-order valence-corrected chi connectivity index (χ3v) is 5.82. The molecule has 1 fully saturated rings. The van der Waals surface area contributed by atoms with Gasteiger partial charge in [-0.25, -0.2) is 4.79 Å². The summed E-state index contributed by atoms with van der Waals surface area (Å²) < 4.78 is 56.5. The molecule has 1 aliphatic heterocycles. The molecule has 192 valence electrons. The minimum atomic E-state index is -4.79. The van der Waals surface area contributed by atoms with Crippen LogP contribution in [0.1, 0.15) is 17.2 Å². The first-order valence-electron chi connectivity index (χ1n) is 11.1. The van der Waals surface area contributed by atoms with Crippen LogP contribution in [0.15, 0.2) is 63.6 Å². The molecule has 5 rings (SSSR count). The highest BCUT2D eigenvalue weighted by Crippen LogP contribution is 2.43. The van der Waals surface area contributed by atoms with Gasteiger partial charge < -0.3 is 24.0 Å². The Balaban J connectivity index is 1.31. The molecule has 0 spiro atoms. The van der Waals surface area contributed by atoms with Gasteiger partial charge in [0, 0.05) is 30.8 Å². The van der Waals surface area contributed by atoms with E-state index in [0.29, 0.717) is 24.2 Å². The second kappa shape index (κ2) is 9.67. The lowest BCUT2D eigenvalue weighted by molar-refractivity contribution is -0.137. The fourth-order valence-corrected chi connectivity index (χ4v) is 4.02. The summed E-state index contributed by atoms with van der Waals surface area (Å²) in [7, 11) is 0. The second-order valence-corrected chi connectivity index (χ2v) is 8.38. The van der Waals surface area contributed by atoms with E-state index in [2.05, 4.69) is 20.0 Å². The van der Waals surface area contributed by atoms with Crippen LogP contribution in [-0.4, -0.2) is 62.3 Å². The van der Waals surface area contributed by atoms with Crippen LogP contribution in [0.2, 0.25) is 0 Å². The number of nitrogens with zero attached hydrogens (tertiary/aromatic N) is 4. The van der Waals surface area contributed by atoms with Gasteiger partial charge in [-0.3, -0.25) is 4.90 Å². The van der Waals surface area contributed by atoms with Crippen molar-refractivity contribution in [1.82, 2.24) is 20.2 Å². The smallest absolute Gasteiger partial charge is 0.450 e. The molecular formula is C24H19F3N4O6. The molecule has 1 atom stereocenters. The first-order valence-corrected chi connectivity index (χ1v) is 11.1. The minimum Gasteiger partial charge on any atom is -0.450 e. The zero-order chi connectivity index (χ0) is 26.2. The van der Waals surface area contributed by atoms with Gasteiger partial charge in [-0.05, 0) is 5.56 Å². The van der Waals surface area contributed by atoms with E-state index >= 15 is 0 Å². The lowest BCUT2D eigenvalue weighted by Crippen LogP contribution is -2.53. The number of aliphatic hydroxyl groups is 1. The van der Waals surface area contributed by atoms with Crippen molar-refractivity contribution in [2.24, 2.45) is 0 Å². The van der Waals surface area contributed by atoms with Crippen LogP contribution in [0.4, 0.5) is 18.0 Å². The molecule has 2 aromatic carbocycles. The van der Waals surface area contributed by atoms with Crippen LogP contribution in [0, 0.1) is 0 Å². The summed E-state index contributed by atoms with van der Waals surface area (Å²) in [5.41, 5.74) is -0.251. The molecule has 0 radical (unpaired) electrons. The maximum atomic E-state index is 13.9. The maximum Gasteiger partial charge on any atom is 0.506 e. The zero-order valence-corrected chi connectivity index (χ0v) is 18.9. The fraction of sp³-hybridized carbons (Fsp3) is 0.250. The van der Waals surface area contributed by atoms with Gasteiger partial charge in [0.1, 0.15) is 17.4 Å². The van der Waals surface area contributed by atoms with Crippen molar-refractivity contribution in [3.8, 4) is 34.3 Å². The molecule has 2 N–H and O–H groups in total. The van der Waals surface area contributed by atoms with Crippen molar-refractivity contribution in [3.05, 3.63) is 65.7 Å². The fourth-order valence-electron chi connectivity index (χ4n) is 4.02. The number of aromatic nitrogens is 3. The van der Waals surface area contributed by atoms with Gasteiger partial charge in [0.2, 0.25) is 11.6 Å². The highest BCUT2D eigenvalue weighted by atomic mass is 19.4. The summed E-state index contributed by atoms with van der Waals surface area (Å²) in [5.74, 6) is -1.13. The van der Waals surface area contributed by atoms with E-state index < -0.39 is 41.8 Å². The normalized spacial score (nSPS) is 15.4. The van der Waals surface area contributed by atoms with Gasteiger partial charge in [0.25, 0.3) is 5.89 Å². The van der Waals surface area contributed by atoms with Crippen molar-refractivity contribution in [1.29, 1.82) is 0 Å². The molecule has 2 aromatic heterocycles. The van der Waals surface area contributed by atoms with Crippen molar-refractivity contribution < 1.29 is 42.0 Å². The molecule has 4 aromatic rings. The number of rotatable bonds is 7. The van der Waals surface area contributed by atoms with Crippen LogP contribution in [0.25, 0.3) is 34.3 Å². The lowest BCUT2D eigenvalue weighted by Gasteiger charge is -2.38. The van der Waals surface area contributed by atoms with Crippen LogP contribution < -0.4 is 0 Å². The number of carbonyl (C=O) groups is 1. The molecule has 13 heteroatoms. The number of hydrogen-bond acceptors (Lipinski definition) is 9. The van der Waals surface area contributed by atoms with Gasteiger partial charge in [-0.2, -0.15) is 18.2 Å². The maximum absolute atomic E-state index is 13.9. The van der Waals surface area contributed by atoms with Gasteiger partial charge >= 0.3 is 12.3 Å². The van der Waals surface area contributed by atoms with E-state index in [4.69, 9.17) is 14.2 Å². The number of ether oxygens (including phenoxy) is 1. The number of likely N-dealkylation sites (tertiary alicyclic amines) is 1. The average molecular weight is 516 g/mol. The van der Waals surface area contributed by atoms with E-state index in [1.54, 1.807) is 42.5 Å². The zero-order valence-electron chi connectivity index (χ0n) is 18.9. The van der Waals surface area contributed by atoms with Crippen molar-refractivity contribution in [3.63, 3.8) is 0 Å². The monoisotopic (exact) mass is 516 g/mol. The Morgan fingerprint density at radius 3 is 2.41 bits per heavy atom. The highest BCUT2D eigenvalue weighted by molar-refractivity contribution is 5.71. The Labute approximate surface area is 206 Å². The predicted molar refractivity (Wildman–Crippen MR) is 120 cm³/mol. The molecule has 10 nitrogen and oxygen atoms in total. The summed E-state index contributed by atoms with van der Waals surface area (Å²) in [4.78, 5) is 16.4. The van der Waals surface area contributed by atoms with Gasteiger partial charge in [-0.15, -0.1) is 0 Å². The number of halogens is 3. The van der Waals surface area contributed by atoms with E-state index in [1.165, 1.54) is 12.1 Å². The summed E-state index contributed by atoms with van der Waals surface area (Å²) in [6.45, 7) is 1.06. The first kappa shape index (κ1) is 24.5. The summed E-state index contributed by atoms with van der Waals surface area (Å²) in [6.07, 6.45) is -7.38. The van der Waals surface area contributed by atoms with Crippen LogP contribution in [0.3, 0.4) is 0 Å². The lowest BCUT2D eigenvalue weighted by atomic mass is 10.0. The molecule has 0 bridgehead atoms. The Morgan fingerprint density at radius 2 is 1.76 bits per heavy atom. The van der Waals surface area contributed by atoms with Crippen molar-refractivity contribution in [2.75, 3.05) is 19.6 Å². The van der Waals surface area contributed by atoms with Crippen LogP contribution >= 0.6 is 0 Å². The minimum absolute atomic E-state index is 0.0261. The van der Waals surface area contributed by atoms with Crippen molar-refractivity contribution in [2.45, 2.75) is 18.4 Å². The number of aliphatic hydroxyl groups excluding tert-OH is 1. The summed E-state index contributed by atoms with van der Waals surface area (Å²) >= 11 is 0. The Morgan fingerprint density at radius 1 is 1.05 bits per heavy atom. The van der Waals surface area contributed by atoms with Gasteiger partial charge in [0.15, 0.2) is 0 Å². The highest BCUT2D eigenvalue weighted by Gasteiger charge is 2.43. The average Bonchev–Trinajstić information content (AvgIpc) is 3.50. The molecule has 0 aliphatic carbocycles. The van der Waals surface area contributed by atoms with Crippen molar-refractivity contribution >= 4 is 6.16 Å². The molecule has 0 amide bonds. The SMILES string of the molecule is O=C(O)OC1CN(CC(O)c2ccc(-c3noc(-c4onc(-c5ccccc5)c4C(F)(F)F)n3)cc2)C1. The number of β-amino-alcohol motifs (C(OH)–C–C–N with tert-alkyl or cyclic N) is 1.